The summed E-state index contributed by atoms with van der Waals surface area (Å²) in [4.78, 5) is 0. The first-order valence-corrected chi connectivity index (χ1v) is 6.61. The second kappa shape index (κ2) is 7.70. The van der Waals surface area contributed by atoms with Crippen molar-refractivity contribution in [1.29, 1.82) is 5.26 Å². The summed E-state index contributed by atoms with van der Waals surface area (Å²) in [5, 5.41) is 20.3. The molecule has 0 atom stereocenters. The highest BCUT2D eigenvalue weighted by Crippen LogP contribution is 2.16. The molecule has 1 aromatic heterocycles. The summed E-state index contributed by atoms with van der Waals surface area (Å²) in [6.07, 6.45) is 1.06. The van der Waals surface area contributed by atoms with Gasteiger partial charge in [0.05, 0.1) is 12.3 Å². The predicted octanol–water partition coefficient (Wildman–Crippen LogP) is 2.44. The number of nitriles is 1. The molecular formula is C14H22N4O. The van der Waals surface area contributed by atoms with Gasteiger partial charge < -0.3 is 10.1 Å². The molecule has 1 heterocycles. The molecule has 1 aromatic rings. The lowest BCUT2D eigenvalue weighted by molar-refractivity contribution is 0.132. The van der Waals surface area contributed by atoms with Crippen LogP contribution < -0.4 is 5.32 Å². The van der Waals surface area contributed by atoms with Gasteiger partial charge in [0.15, 0.2) is 5.82 Å². The quantitative estimate of drug-likeness (QED) is 0.764. The molecule has 0 aliphatic heterocycles. The van der Waals surface area contributed by atoms with E-state index in [2.05, 4.69) is 35.4 Å². The maximum absolute atomic E-state index is 9.14. The zero-order valence-electron chi connectivity index (χ0n) is 12.2. The van der Waals surface area contributed by atoms with Gasteiger partial charge in [-0.2, -0.15) is 10.4 Å². The second-order valence-corrected chi connectivity index (χ2v) is 4.97. The molecule has 0 fully saturated rings. The van der Waals surface area contributed by atoms with Gasteiger partial charge in [0, 0.05) is 13.2 Å². The Hall–Kier alpha value is -1.67. The van der Waals surface area contributed by atoms with Crippen LogP contribution in [0.4, 0.5) is 5.82 Å². The van der Waals surface area contributed by atoms with Crippen molar-refractivity contribution < 1.29 is 4.74 Å². The molecule has 0 unspecified atom stereocenters. The molecule has 0 radical (unpaired) electrons. The van der Waals surface area contributed by atoms with Crippen molar-refractivity contribution in [2.45, 2.75) is 34.1 Å². The fourth-order valence-corrected chi connectivity index (χ4v) is 1.53. The number of nitrogens with one attached hydrogen (secondary N) is 1. The highest BCUT2D eigenvalue weighted by atomic mass is 16.5. The molecule has 0 aliphatic carbocycles. The van der Waals surface area contributed by atoms with Crippen LogP contribution in [0.25, 0.3) is 0 Å². The van der Waals surface area contributed by atoms with Crippen LogP contribution in [0.2, 0.25) is 0 Å². The van der Waals surface area contributed by atoms with Crippen LogP contribution >= 0.6 is 0 Å². The molecule has 0 spiro atoms. The fourth-order valence-electron chi connectivity index (χ4n) is 1.53. The fraction of sp³-hybridized carbons (Fsp3) is 0.643. The lowest BCUT2D eigenvalue weighted by atomic mass is 10.1. The minimum absolute atomic E-state index is 0.540. The van der Waals surface area contributed by atoms with E-state index in [1.165, 1.54) is 0 Å². The van der Waals surface area contributed by atoms with Crippen molar-refractivity contribution in [1.82, 2.24) is 10.2 Å². The molecular weight excluding hydrogens is 240 g/mol. The van der Waals surface area contributed by atoms with Gasteiger partial charge in [-0.05, 0) is 31.7 Å². The molecule has 5 nitrogen and oxygen atoms in total. The first kappa shape index (κ1) is 15.4. The molecule has 0 aliphatic rings. The summed E-state index contributed by atoms with van der Waals surface area (Å²) in [6.45, 7) is 10.1. The maximum atomic E-state index is 9.14. The smallest absolute Gasteiger partial charge is 0.167 e. The van der Waals surface area contributed by atoms with Gasteiger partial charge in [0.1, 0.15) is 11.6 Å². The molecule has 0 amide bonds. The molecule has 0 bridgehead atoms. The molecule has 19 heavy (non-hydrogen) atoms. The standard InChI is InChI=1S/C14H22N4O/c1-10(2)5-7-19-8-6-16-14-13(9-15)11(3)12(4)17-18-14/h10H,5-8H2,1-4H3,(H,16,18). The van der Waals surface area contributed by atoms with E-state index in [4.69, 9.17) is 10.00 Å². The Morgan fingerprint density at radius 2 is 2.00 bits per heavy atom. The second-order valence-electron chi connectivity index (χ2n) is 4.97. The molecule has 104 valence electrons. The first-order chi connectivity index (χ1) is 9.06. The normalized spacial score (nSPS) is 10.5. The van der Waals surface area contributed by atoms with E-state index in [0.717, 1.165) is 24.3 Å². The molecule has 0 saturated heterocycles. The minimum Gasteiger partial charge on any atom is -0.380 e. The van der Waals surface area contributed by atoms with Gasteiger partial charge in [-0.15, -0.1) is 5.10 Å². The van der Waals surface area contributed by atoms with E-state index in [9.17, 15) is 0 Å². The summed E-state index contributed by atoms with van der Waals surface area (Å²) in [5.74, 6) is 1.20. The lowest BCUT2D eigenvalue weighted by Crippen LogP contribution is -2.14. The topological polar surface area (TPSA) is 70.8 Å². The van der Waals surface area contributed by atoms with Gasteiger partial charge in [0.25, 0.3) is 0 Å². The third-order valence-corrected chi connectivity index (χ3v) is 2.94. The van der Waals surface area contributed by atoms with E-state index < -0.39 is 0 Å². The molecule has 1 rings (SSSR count). The molecule has 5 heteroatoms. The number of ether oxygens (including phenoxy) is 1. The van der Waals surface area contributed by atoms with Gasteiger partial charge in [-0.25, -0.2) is 0 Å². The zero-order chi connectivity index (χ0) is 14.3. The Kier molecular flexibility index (Phi) is 6.23. The van der Waals surface area contributed by atoms with Crippen LogP contribution in [0, 0.1) is 31.1 Å². The van der Waals surface area contributed by atoms with Gasteiger partial charge >= 0.3 is 0 Å². The average molecular weight is 262 g/mol. The number of nitrogens with zero attached hydrogens (tertiary/aromatic N) is 3. The number of hydrogen-bond acceptors (Lipinski definition) is 5. The number of aryl methyl sites for hydroxylation is 1. The SMILES string of the molecule is Cc1nnc(NCCOCCC(C)C)c(C#N)c1C. The first-order valence-electron chi connectivity index (χ1n) is 6.61. The van der Waals surface area contributed by atoms with E-state index in [-0.39, 0.29) is 0 Å². The summed E-state index contributed by atoms with van der Waals surface area (Å²) in [7, 11) is 0. The van der Waals surface area contributed by atoms with Crippen molar-refractivity contribution in [3.63, 3.8) is 0 Å². The van der Waals surface area contributed by atoms with Crippen molar-refractivity contribution >= 4 is 5.82 Å². The Labute approximate surface area is 115 Å². The van der Waals surface area contributed by atoms with Gasteiger partial charge in [-0.1, -0.05) is 13.8 Å². The molecule has 1 N–H and O–H groups in total. The van der Waals surface area contributed by atoms with E-state index in [1.54, 1.807) is 0 Å². The summed E-state index contributed by atoms with van der Waals surface area (Å²) < 4.78 is 5.50. The van der Waals surface area contributed by atoms with Crippen LogP contribution in [-0.2, 0) is 4.74 Å². The van der Waals surface area contributed by atoms with Crippen LogP contribution in [0.1, 0.15) is 37.1 Å². The highest BCUT2D eigenvalue weighted by molar-refractivity contribution is 5.55. The van der Waals surface area contributed by atoms with Crippen molar-refractivity contribution in [2.75, 3.05) is 25.1 Å². The molecule has 0 aromatic carbocycles. The summed E-state index contributed by atoms with van der Waals surface area (Å²) in [6, 6.07) is 2.17. The van der Waals surface area contributed by atoms with Crippen molar-refractivity contribution in [3.05, 3.63) is 16.8 Å². The van der Waals surface area contributed by atoms with E-state index in [1.807, 2.05) is 13.8 Å². The molecule has 0 saturated carbocycles. The Morgan fingerprint density at radius 1 is 1.26 bits per heavy atom. The van der Waals surface area contributed by atoms with E-state index >= 15 is 0 Å². The van der Waals surface area contributed by atoms with Gasteiger partial charge in [0.2, 0.25) is 0 Å². The highest BCUT2D eigenvalue weighted by Gasteiger charge is 2.09. The van der Waals surface area contributed by atoms with Crippen LogP contribution in [0.3, 0.4) is 0 Å². The van der Waals surface area contributed by atoms with Crippen LogP contribution in [0.15, 0.2) is 0 Å². The summed E-state index contributed by atoms with van der Waals surface area (Å²) >= 11 is 0. The Morgan fingerprint density at radius 3 is 2.63 bits per heavy atom. The lowest BCUT2D eigenvalue weighted by Gasteiger charge is -2.10. The van der Waals surface area contributed by atoms with Crippen LogP contribution in [0.5, 0.6) is 0 Å². The third kappa shape index (κ3) is 4.84. The largest absolute Gasteiger partial charge is 0.380 e. The average Bonchev–Trinajstić information content (AvgIpc) is 2.37. The third-order valence-electron chi connectivity index (χ3n) is 2.94. The zero-order valence-corrected chi connectivity index (χ0v) is 12.2. The number of rotatable bonds is 7. The summed E-state index contributed by atoms with van der Waals surface area (Å²) in [5.41, 5.74) is 2.23. The number of aromatic nitrogens is 2. The monoisotopic (exact) mass is 262 g/mol. The minimum atomic E-state index is 0.540. The van der Waals surface area contributed by atoms with Crippen molar-refractivity contribution in [3.8, 4) is 6.07 Å². The number of anilines is 1. The Balaban J connectivity index is 2.42. The number of hydrogen-bond donors (Lipinski definition) is 1. The van der Waals surface area contributed by atoms with E-state index in [0.29, 0.717) is 30.5 Å². The van der Waals surface area contributed by atoms with Gasteiger partial charge in [-0.3, -0.25) is 0 Å². The van der Waals surface area contributed by atoms with Crippen LogP contribution in [-0.4, -0.2) is 30.0 Å². The van der Waals surface area contributed by atoms with Crippen molar-refractivity contribution in [2.24, 2.45) is 5.92 Å². The predicted molar refractivity (Wildman–Crippen MR) is 75.0 cm³/mol. The Bertz CT molecular complexity index is 451. The maximum Gasteiger partial charge on any atom is 0.167 e.